The first kappa shape index (κ1) is 15.4. The quantitative estimate of drug-likeness (QED) is 0.908. The molecule has 6 nitrogen and oxygen atoms in total. The lowest BCUT2D eigenvalue weighted by molar-refractivity contribution is 0.600. The molecule has 7 heteroatoms. The van der Waals surface area contributed by atoms with E-state index in [2.05, 4.69) is 15.1 Å². The number of nitrogens with one attached hydrogen (secondary N) is 2. The van der Waals surface area contributed by atoms with Crippen LogP contribution in [0.4, 0.5) is 11.4 Å². The van der Waals surface area contributed by atoms with Gasteiger partial charge in [-0.1, -0.05) is 0 Å². The maximum atomic E-state index is 12.6. The van der Waals surface area contributed by atoms with Crippen LogP contribution in [0.3, 0.4) is 0 Å². The molecule has 1 aromatic heterocycles. The van der Waals surface area contributed by atoms with Crippen molar-refractivity contribution in [3.63, 3.8) is 0 Å². The molecule has 0 aliphatic heterocycles. The van der Waals surface area contributed by atoms with Crippen molar-refractivity contribution < 1.29 is 8.42 Å². The topological polar surface area (TPSA) is 76.0 Å². The summed E-state index contributed by atoms with van der Waals surface area (Å²) in [6, 6.07) is 3.63. The molecule has 0 radical (unpaired) electrons. The SMILES string of the molecule is CNc1cc(C)c(S(=O)(=O)Nc2cn(C)nc2C)c(C)c1. The summed E-state index contributed by atoms with van der Waals surface area (Å²) >= 11 is 0. The third-order valence-corrected chi connectivity index (χ3v) is 4.95. The van der Waals surface area contributed by atoms with E-state index in [1.807, 2.05) is 12.1 Å². The van der Waals surface area contributed by atoms with E-state index >= 15 is 0 Å². The monoisotopic (exact) mass is 308 g/mol. The van der Waals surface area contributed by atoms with Gasteiger partial charge in [-0.2, -0.15) is 5.10 Å². The molecular formula is C14H20N4O2S. The Bertz CT molecular complexity index is 755. The molecule has 114 valence electrons. The summed E-state index contributed by atoms with van der Waals surface area (Å²) in [6.45, 7) is 5.35. The Morgan fingerprint density at radius 1 is 1.14 bits per heavy atom. The maximum absolute atomic E-state index is 12.6. The molecule has 0 spiro atoms. The Morgan fingerprint density at radius 2 is 1.71 bits per heavy atom. The van der Waals surface area contributed by atoms with E-state index in [4.69, 9.17) is 0 Å². The lowest BCUT2D eigenvalue weighted by Crippen LogP contribution is -2.16. The highest BCUT2D eigenvalue weighted by Crippen LogP contribution is 2.26. The molecule has 0 amide bonds. The van der Waals surface area contributed by atoms with E-state index in [1.165, 1.54) is 0 Å². The van der Waals surface area contributed by atoms with E-state index in [-0.39, 0.29) is 0 Å². The van der Waals surface area contributed by atoms with Crippen LogP contribution in [0, 0.1) is 20.8 Å². The van der Waals surface area contributed by atoms with E-state index in [9.17, 15) is 8.42 Å². The van der Waals surface area contributed by atoms with Crippen molar-refractivity contribution in [3.8, 4) is 0 Å². The van der Waals surface area contributed by atoms with Crippen LogP contribution in [0.25, 0.3) is 0 Å². The third kappa shape index (κ3) is 3.02. The van der Waals surface area contributed by atoms with Gasteiger partial charge in [-0.25, -0.2) is 8.42 Å². The molecule has 2 N–H and O–H groups in total. The molecule has 0 atom stereocenters. The standard InChI is InChI=1S/C14H20N4O2S/c1-9-6-12(15-4)7-10(2)14(9)21(19,20)17-13-8-18(5)16-11(13)3/h6-8,15,17H,1-5H3. The predicted molar refractivity (Wildman–Crippen MR) is 84.2 cm³/mol. The van der Waals surface area contributed by atoms with Crippen molar-refractivity contribution >= 4 is 21.4 Å². The van der Waals surface area contributed by atoms with Gasteiger partial charge in [0.05, 0.1) is 16.3 Å². The second-order valence-electron chi connectivity index (χ2n) is 5.10. The summed E-state index contributed by atoms with van der Waals surface area (Å²) in [5.74, 6) is 0. The number of benzene rings is 1. The highest BCUT2D eigenvalue weighted by Gasteiger charge is 2.21. The minimum absolute atomic E-state index is 0.310. The van der Waals surface area contributed by atoms with Crippen LogP contribution in [0.15, 0.2) is 23.2 Å². The fraction of sp³-hybridized carbons (Fsp3) is 0.357. The van der Waals surface area contributed by atoms with Gasteiger partial charge in [-0.15, -0.1) is 0 Å². The molecule has 21 heavy (non-hydrogen) atoms. The van der Waals surface area contributed by atoms with Crippen LogP contribution in [-0.2, 0) is 17.1 Å². The van der Waals surface area contributed by atoms with E-state index in [0.29, 0.717) is 27.4 Å². The summed E-state index contributed by atoms with van der Waals surface area (Å²) in [4.78, 5) is 0.310. The van der Waals surface area contributed by atoms with Crippen LogP contribution >= 0.6 is 0 Å². The lowest BCUT2D eigenvalue weighted by Gasteiger charge is -2.14. The summed E-state index contributed by atoms with van der Waals surface area (Å²) in [5.41, 5.74) is 3.43. The first-order chi connectivity index (χ1) is 9.74. The molecule has 0 bridgehead atoms. The average molecular weight is 308 g/mol. The highest BCUT2D eigenvalue weighted by atomic mass is 32.2. The van der Waals surface area contributed by atoms with E-state index in [0.717, 1.165) is 5.69 Å². The fourth-order valence-electron chi connectivity index (χ4n) is 2.41. The zero-order valence-corrected chi connectivity index (χ0v) is 13.7. The number of sulfonamides is 1. The molecule has 0 aliphatic carbocycles. The molecule has 1 heterocycles. The minimum atomic E-state index is -3.64. The maximum Gasteiger partial charge on any atom is 0.262 e. The largest absolute Gasteiger partial charge is 0.388 e. The lowest BCUT2D eigenvalue weighted by atomic mass is 10.1. The smallest absolute Gasteiger partial charge is 0.262 e. The van der Waals surface area contributed by atoms with Crippen molar-refractivity contribution in [2.24, 2.45) is 7.05 Å². The number of hydrogen-bond donors (Lipinski definition) is 2. The number of aryl methyl sites for hydroxylation is 4. The molecule has 0 fully saturated rings. The van der Waals surface area contributed by atoms with Gasteiger partial charge in [0.15, 0.2) is 0 Å². The number of aromatic nitrogens is 2. The summed E-state index contributed by atoms with van der Waals surface area (Å²) in [5, 5.41) is 7.16. The Labute approximate surface area is 125 Å². The fourth-order valence-corrected chi connectivity index (χ4v) is 3.97. The second-order valence-corrected chi connectivity index (χ2v) is 6.72. The van der Waals surface area contributed by atoms with Crippen molar-refractivity contribution in [2.45, 2.75) is 25.7 Å². The minimum Gasteiger partial charge on any atom is -0.388 e. The average Bonchev–Trinajstić information content (AvgIpc) is 2.65. The third-order valence-electron chi connectivity index (χ3n) is 3.28. The molecule has 0 saturated heterocycles. The summed E-state index contributed by atoms with van der Waals surface area (Å²) in [7, 11) is -0.0818. The Hall–Kier alpha value is -2.02. The Balaban J connectivity index is 2.47. The first-order valence-corrected chi connectivity index (χ1v) is 8.05. The van der Waals surface area contributed by atoms with Gasteiger partial charge in [0.2, 0.25) is 0 Å². The van der Waals surface area contributed by atoms with E-state index in [1.54, 1.807) is 45.7 Å². The number of hydrogen-bond acceptors (Lipinski definition) is 4. The van der Waals surface area contributed by atoms with Crippen molar-refractivity contribution in [3.05, 3.63) is 35.2 Å². The van der Waals surface area contributed by atoms with E-state index < -0.39 is 10.0 Å². The van der Waals surface area contributed by atoms with Crippen LogP contribution in [-0.4, -0.2) is 25.2 Å². The number of rotatable bonds is 4. The van der Waals surface area contributed by atoms with Crippen LogP contribution < -0.4 is 10.0 Å². The van der Waals surface area contributed by atoms with Gasteiger partial charge < -0.3 is 5.32 Å². The molecule has 2 rings (SSSR count). The Morgan fingerprint density at radius 3 is 2.14 bits per heavy atom. The Kier molecular flexibility index (Phi) is 3.95. The number of anilines is 2. The molecule has 1 aromatic carbocycles. The number of nitrogens with zero attached hydrogens (tertiary/aromatic N) is 2. The predicted octanol–water partition coefficient (Wildman–Crippen LogP) is 2.19. The normalized spacial score (nSPS) is 11.5. The molecule has 0 saturated carbocycles. The van der Waals surface area contributed by atoms with Gasteiger partial charge in [-0.05, 0) is 44.0 Å². The molecular weight excluding hydrogens is 288 g/mol. The van der Waals surface area contributed by atoms with Gasteiger partial charge in [0, 0.05) is 26.0 Å². The highest BCUT2D eigenvalue weighted by molar-refractivity contribution is 7.92. The summed E-state index contributed by atoms with van der Waals surface area (Å²) < 4.78 is 29.5. The molecule has 0 unspecified atom stereocenters. The van der Waals surface area contributed by atoms with Gasteiger partial charge in [0.25, 0.3) is 10.0 Å². The van der Waals surface area contributed by atoms with Gasteiger partial charge in [0.1, 0.15) is 0 Å². The van der Waals surface area contributed by atoms with Crippen molar-refractivity contribution in [2.75, 3.05) is 17.1 Å². The zero-order valence-electron chi connectivity index (χ0n) is 12.9. The van der Waals surface area contributed by atoms with Gasteiger partial charge >= 0.3 is 0 Å². The second kappa shape index (κ2) is 5.40. The molecule has 0 aliphatic rings. The van der Waals surface area contributed by atoms with Gasteiger partial charge in [-0.3, -0.25) is 9.40 Å². The van der Waals surface area contributed by atoms with Crippen LogP contribution in [0.1, 0.15) is 16.8 Å². The zero-order chi connectivity index (χ0) is 15.8. The van der Waals surface area contributed by atoms with Crippen LogP contribution in [0.5, 0.6) is 0 Å². The van der Waals surface area contributed by atoms with Crippen LogP contribution in [0.2, 0.25) is 0 Å². The van der Waals surface area contributed by atoms with Crippen molar-refractivity contribution in [1.82, 2.24) is 9.78 Å². The van der Waals surface area contributed by atoms with Crippen molar-refractivity contribution in [1.29, 1.82) is 0 Å². The first-order valence-electron chi connectivity index (χ1n) is 6.56. The molecule has 2 aromatic rings. The summed E-state index contributed by atoms with van der Waals surface area (Å²) in [6.07, 6.45) is 1.65.